The van der Waals surface area contributed by atoms with Crippen molar-refractivity contribution in [2.24, 2.45) is 23.7 Å². The van der Waals surface area contributed by atoms with Gasteiger partial charge in [0, 0.05) is 10.6 Å². The van der Waals surface area contributed by atoms with Gasteiger partial charge in [0.15, 0.2) is 5.78 Å². The second-order valence-corrected chi connectivity index (χ2v) is 9.87. The molecule has 180 valence electrons. The Kier molecular flexibility index (Phi) is 5.93. The van der Waals surface area contributed by atoms with Gasteiger partial charge in [-0.1, -0.05) is 35.4 Å². The summed E-state index contributed by atoms with van der Waals surface area (Å²) in [7, 11) is 1.51. The first-order chi connectivity index (χ1) is 16.7. The number of halogens is 2. The van der Waals surface area contributed by atoms with Crippen molar-refractivity contribution >= 4 is 46.7 Å². The van der Waals surface area contributed by atoms with E-state index >= 15 is 0 Å². The van der Waals surface area contributed by atoms with Gasteiger partial charge in [0.1, 0.15) is 11.8 Å². The molecule has 5 atom stereocenters. The molecule has 9 heteroatoms. The molecule has 2 fully saturated rings. The summed E-state index contributed by atoms with van der Waals surface area (Å²) in [4.78, 5) is 54.4. The van der Waals surface area contributed by atoms with Gasteiger partial charge < -0.3 is 4.74 Å². The summed E-state index contributed by atoms with van der Waals surface area (Å²) in [5, 5.41) is 2.22. The van der Waals surface area contributed by atoms with Crippen molar-refractivity contribution in [2.75, 3.05) is 7.11 Å². The van der Waals surface area contributed by atoms with E-state index in [1.165, 1.54) is 32.2 Å². The number of amides is 3. The molecule has 2 aromatic carbocycles. The molecule has 35 heavy (non-hydrogen) atoms. The van der Waals surface area contributed by atoms with Crippen LogP contribution in [0.25, 0.3) is 0 Å². The van der Waals surface area contributed by atoms with E-state index in [-0.39, 0.29) is 22.4 Å². The number of hydrazine groups is 1. The molecule has 3 amide bonds. The van der Waals surface area contributed by atoms with E-state index in [0.717, 1.165) is 16.4 Å². The highest BCUT2D eigenvalue weighted by molar-refractivity contribution is 6.36. The minimum Gasteiger partial charge on any atom is -0.497 e. The number of imide groups is 1. The molecule has 2 aromatic rings. The summed E-state index contributed by atoms with van der Waals surface area (Å²) in [5.74, 6) is -2.70. The van der Waals surface area contributed by atoms with Crippen LogP contribution in [0.1, 0.15) is 34.1 Å². The van der Waals surface area contributed by atoms with E-state index in [1.54, 1.807) is 24.3 Å². The first-order valence-electron chi connectivity index (χ1n) is 11.3. The lowest BCUT2D eigenvalue weighted by atomic mass is 9.85. The molecule has 7 nitrogen and oxygen atoms in total. The number of fused-ring (bicyclic) bond motifs is 5. The van der Waals surface area contributed by atoms with Gasteiger partial charge >= 0.3 is 0 Å². The number of Topliss-reactive ketones (excluding diaryl/α,β-unsaturated/α-hetero) is 1. The molecular weight excluding hydrogens is 491 g/mol. The summed E-state index contributed by atoms with van der Waals surface area (Å²) >= 11 is 12.3. The number of rotatable bonds is 6. The smallest absolute Gasteiger partial charge is 0.275 e. The maximum Gasteiger partial charge on any atom is 0.275 e. The molecule has 2 aliphatic carbocycles. The van der Waals surface area contributed by atoms with E-state index in [0.29, 0.717) is 16.3 Å². The molecular formula is C26H22Cl2N2O5. The van der Waals surface area contributed by atoms with Crippen LogP contribution >= 0.6 is 23.2 Å². The van der Waals surface area contributed by atoms with Crippen molar-refractivity contribution in [2.45, 2.75) is 19.4 Å². The molecule has 1 heterocycles. The number of nitrogens with zero attached hydrogens (tertiary/aromatic N) is 2. The fourth-order valence-corrected chi connectivity index (χ4v) is 5.92. The number of hydrogen-bond donors (Lipinski definition) is 0. The lowest BCUT2D eigenvalue weighted by Crippen LogP contribution is -2.57. The fourth-order valence-electron chi connectivity index (χ4n) is 5.43. The van der Waals surface area contributed by atoms with Crippen LogP contribution in [0, 0.1) is 23.7 Å². The zero-order valence-electron chi connectivity index (χ0n) is 19.0. The molecule has 0 radical (unpaired) electrons. The average Bonchev–Trinajstić information content (AvgIpc) is 3.53. The Hall–Kier alpha value is -3.16. The van der Waals surface area contributed by atoms with Gasteiger partial charge in [0.2, 0.25) is 0 Å². The van der Waals surface area contributed by atoms with Crippen LogP contribution < -0.4 is 4.74 Å². The van der Waals surface area contributed by atoms with E-state index < -0.39 is 41.4 Å². The zero-order valence-corrected chi connectivity index (χ0v) is 20.5. The topological polar surface area (TPSA) is 84.0 Å². The molecule has 3 aliphatic rings. The van der Waals surface area contributed by atoms with Crippen molar-refractivity contribution in [1.82, 2.24) is 10.0 Å². The number of ether oxygens (including phenoxy) is 1. The normalized spacial score (nSPS) is 25.1. The summed E-state index contributed by atoms with van der Waals surface area (Å²) in [6.45, 7) is 1.50. The van der Waals surface area contributed by atoms with Crippen LogP contribution in [-0.4, -0.2) is 46.7 Å². The van der Waals surface area contributed by atoms with Crippen molar-refractivity contribution in [3.8, 4) is 5.75 Å². The minimum absolute atomic E-state index is 0.0317. The number of ketones is 1. The minimum atomic E-state index is -1.17. The van der Waals surface area contributed by atoms with Crippen molar-refractivity contribution < 1.29 is 23.9 Å². The standard InChI is InChI=1S/C26H22Cl2N2O5/c1-13(23(31)14-5-8-18(35-2)9-6-14)29(24(32)19-10-7-17(27)12-20(19)28)30-25(33)21-15-3-4-16(11-15)22(21)26(30)34/h3-10,12-13,15-16,21-22H,11H2,1-2H3/t13-,15-,16+,21+,22+/m1/s1. The summed E-state index contributed by atoms with van der Waals surface area (Å²) in [5.41, 5.74) is 0.337. The molecule has 0 N–H and O–H groups in total. The first-order valence-corrected chi connectivity index (χ1v) is 12.0. The molecule has 2 bridgehead atoms. The lowest BCUT2D eigenvalue weighted by molar-refractivity contribution is -0.157. The number of methoxy groups -OCH3 is 1. The maximum atomic E-state index is 13.8. The predicted octanol–water partition coefficient (Wildman–Crippen LogP) is 4.44. The van der Waals surface area contributed by atoms with Crippen LogP contribution in [-0.2, 0) is 9.59 Å². The zero-order chi connectivity index (χ0) is 25.0. The highest BCUT2D eigenvalue weighted by Gasteiger charge is 2.61. The number of carbonyl (C=O) groups is 4. The van der Waals surface area contributed by atoms with Crippen LogP contribution in [0.15, 0.2) is 54.6 Å². The van der Waals surface area contributed by atoms with E-state index in [4.69, 9.17) is 27.9 Å². The van der Waals surface area contributed by atoms with Gasteiger partial charge in [-0.3, -0.25) is 19.2 Å². The summed E-state index contributed by atoms with van der Waals surface area (Å²) in [6.07, 6.45) is 4.68. The number of allylic oxidation sites excluding steroid dienone is 2. The summed E-state index contributed by atoms with van der Waals surface area (Å²) < 4.78 is 5.15. The molecule has 0 aromatic heterocycles. The van der Waals surface area contributed by atoms with Gasteiger partial charge in [-0.2, -0.15) is 5.01 Å². The Morgan fingerprint density at radius 3 is 2.14 bits per heavy atom. The van der Waals surface area contributed by atoms with Gasteiger partial charge in [-0.15, -0.1) is 0 Å². The van der Waals surface area contributed by atoms with Gasteiger partial charge in [0.25, 0.3) is 17.7 Å². The molecule has 0 unspecified atom stereocenters. The highest BCUT2D eigenvalue weighted by Crippen LogP contribution is 2.53. The maximum absolute atomic E-state index is 13.8. The Morgan fingerprint density at radius 1 is 1.00 bits per heavy atom. The third kappa shape index (κ3) is 3.74. The quantitative estimate of drug-likeness (QED) is 0.324. The third-order valence-electron chi connectivity index (χ3n) is 7.15. The Balaban J connectivity index is 1.55. The fraction of sp³-hybridized carbons (Fsp3) is 0.308. The van der Waals surface area contributed by atoms with Crippen molar-refractivity contribution in [3.63, 3.8) is 0 Å². The van der Waals surface area contributed by atoms with Crippen LogP contribution in [0.4, 0.5) is 0 Å². The van der Waals surface area contributed by atoms with Crippen molar-refractivity contribution in [3.05, 3.63) is 75.8 Å². The number of carbonyl (C=O) groups excluding carboxylic acids is 4. The monoisotopic (exact) mass is 512 g/mol. The first kappa shape index (κ1) is 23.6. The second kappa shape index (κ2) is 8.81. The van der Waals surface area contributed by atoms with Crippen LogP contribution in [0.5, 0.6) is 5.75 Å². The second-order valence-electron chi connectivity index (χ2n) is 9.03. The molecule has 0 spiro atoms. The Bertz CT molecular complexity index is 1250. The lowest BCUT2D eigenvalue weighted by Gasteiger charge is -2.35. The largest absolute Gasteiger partial charge is 0.497 e. The number of benzene rings is 2. The van der Waals surface area contributed by atoms with Crippen LogP contribution in [0.3, 0.4) is 0 Å². The van der Waals surface area contributed by atoms with Crippen molar-refractivity contribution in [1.29, 1.82) is 0 Å². The number of hydrogen-bond acceptors (Lipinski definition) is 5. The van der Waals surface area contributed by atoms with E-state index in [1.807, 2.05) is 12.2 Å². The molecule has 5 rings (SSSR count). The highest BCUT2D eigenvalue weighted by atomic mass is 35.5. The average molecular weight is 513 g/mol. The Labute approximate surface area is 212 Å². The molecule has 1 saturated heterocycles. The van der Waals surface area contributed by atoms with Crippen LogP contribution in [0.2, 0.25) is 10.0 Å². The molecule has 1 saturated carbocycles. The van der Waals surface area contributed by atoms with Gasteiger partial charge in [-0.05, 0) is 67.6 Å². The van der Waals surface area contributed by atoms with Gasteiger partial charge in [-0.25, -0.2) is 5.01 Å². The van der Waals surface area contributed by atoms with E-state index in [9.17, 15) is 19.2 Å². The summed E-state index contributed by atoms with van der Waals surface area (Å²) in [6, 6.07) is 9.54. The van der Waals surface area contributed by atoms with E-state index in [2.05, 4.69) is 0 Å². The predicted molar refractivity (Wildman–Crippen MR) is 129 cm³/mol. The molecule has 1 aliphatic heterocycles. The Morgan fingerprint density at radius 2 is 1.60 bits per heavy atom. The SMILES string of the molecule is COc1ccc(C(=O)[C@@H](C)N(C(=O)c2ccc(Cl)cc2Cl)N2C(=O)[C@@H]3[C@@H](C2=O)[C@H]2C=C[C@@H]3C2)cc1. The third-order valence-corrected chi connectivity index (χ3v) is 7.70. The van der Waals surface area contributed by atoms with Gasteiger partial charge in [0.05, 0.1) is 29.5 Å².